The van der Waals surface area contributed by atoms with Crippen LogP contribution in [0, 0.1) is 15.9 Å². The molecule has 0 aliphatic carbocycles. The maximum absolute atomic E-state index is 14.5. The third-order valence-electron chi connectivity index (χ3n) is 6.51. The summed E-state index contributed by atoms with van der Waals surface area (Å²) in [7, 11) is 0. The van der Waals surface area contributed by atoms with Crippen LogP contribution in [0.15, 0.2) is 18.2 Å². The third-order valence-corrected chi connectivity index (χ3v) is 6.51. The average Bonchev–Trinajstić information content (AvgIpc) is 3.06. The van der Waals surface area contributed by atoms with Crippen molar-refractivity contribution in [1.29, 1.82) is 0 Å². The van der Waals surface area contributed by atoms with E-state index in [1.165, 1.54) is 0 Å². The summed E-state index contributed by atoms with van der Waals surface area (Å²) in [6, 6.07) is -0.686. The monoisotopic (exact) mass is 758 g/mol. The molecule has 1 aromatic rings. The van der Waals surface area contributed by atoms with Crippen molar-refractivity contribution in [3.63, 3.8) is 0 Å². The molecule has 5 amide bonds. The molecule has 2 unspecified atom stereocenters. The van der Waals surface area contributed by atoms with Gasteiger partial charge in [0, 0.05) is 31.7 Å². The van der Waals surface area contributed by atoms with Crippen LogP contribution in [0.25, 0.3) is 0 Å². The second-order valence-corrected chi connectivity index (χ2v) is 12.3. The standard InChI is InChI=1S/C31H45FN6O12.C2H6O/c1-5-6-15-49-26(42)13-12-23(36-27(43)20-16-19(38(47)48)10-11-21(20)32)29(45)37-22(28(44)35-17-24(39)34-18-25(40)41)9-7-8-14-33-30(46)50-31(2,3)4;1-2-3/h10-11,16,22-23H,5-9,12-15,17-18H2,1-4H3,(H,33,46)(H,34,39)(H,35,44)(H,36,43)(H,37,45)(H,40,41);3H,2H2,1H3. The predicted molar refractivity (Wildman–Crippen MR) is 186 cm³/mol. The molecule has 20 heteroatoms. The number of carboxylic acids is 1. The van der Waals surface area contributed by atoms with E-state index >= 15 is 0 Å². The highest BCUT2D eigenvalue weighted by atomic mass is 19.1. The van der Waals surface area contributed by atoms with Crippen molar-refractivity contribution in [3.8, 4) is 0 Å². The number of nitrogens with one attached hydrogen (secondary N) is 5. The normalized spacial score (nSPS) is 11.7. The second-order valence-electron chi connectivity index (χ2n) is 12.3. The number of carbonyl (C=O) groups is 7. The molecule has 0 aromatic heterocycles. The van der Waals surface area contributed by atoms with Crippen LogP contribution in [-0.2, 0) is 33.4 Å². The number of rotatable bonds is 21. The minimum absolute atomic E-state index is 0.0520. The molecule has 53 heavy (non-hydrogen) atoms. The van der Waals surface area contributed by atoms with E-state index in [4.69, 9.17) is 19.7 Å². The van der Waals surface area contributed by atoms with E-state index in [1.807, 2.05) is 6.92 Å². The van der Waals surface area contributed by atoms with E-state index in [0.29, 0.717) is 25.0 Å². The molecule has 0 aliphatic rings. The summed E-state index contributed by atoms with van der Waals surface area (Å²) in [5.41, 5.74) is -2.07. The van der Waals surface area contributed by atoms with Crippen LogP contribution in [-0.4, -0.2) is 107 Å². The topological polar surface area (TPSA) is 282 Å². The number of aliphatic hydroxyl groups excluding tert-OH is 1. The van der Waals surface area contributed by atoms with Gasteiger partial charge in [0.15, 0.2) is 0 Å². The van der Waals surface area contributed by atoms with Gasteiger partial charge in [-0.1, -0.05) is 13.3 Å². The summed E-state index contributed by atoms with van der Waals surface area (Å²) < 4.78 is 24.8. The summed E-state index contributed by atoms with van der Waals surface area (Å²) in [5, 5.41) is 39.1. The fraction of sp³-hybridized carbons (Fsp3) is 0.606. The van der Waals surface area contributed by atoms with Gasteiger partial charge in [0.05, 0.1) is 23.6 Å². The van der Waals surface area contributed by atoms with Crippen LogP contribution < -0.4 is 26.6 Å². The maximum atomic E-state index is 14.5. The van der Waals surface area contributed by atoms with E-state index in [1.54, 1.807) is 27.7 Å². The summed E-state index contributed by atoms with van der Waals surface area (Å²) in [4.78, 5) is 96.9. The first-order valence-corrected chi connectivity index (χ1v) is 16.9. The fourth-order valence-electron chi connectivity index (χ4n) is 4.02. The zero-order valence-electron chi connectivity index (χ0n) is 30.6. The largest absolute Gasteiger partial charge is 0.480 e. The summed E-state index contributed by atoms with van der Waals surface area (Å²) in [6.45, 7) is 7.78. The molecule has 298 valence electrons. The summed E-state index contributed by atoms with van der Waals surface area (Å²) in [5.74, 6) is -7.04. The Morgan fingerprint density at radius 2 is 1.55 bits per heavy atom. The van der Waals surface area contributed by atoms with Gasteiger partial charge in [-0.25, -0.2) is 9.18 Å². The van der Waals surface area contributed by atoms with Crippen LogP contribution in [0.4, 0.5) is 14.9 Å². The number of nitro groups is 1. The van der Waals surface area contributed by atoms with Crippen molar-refractivity contribution in [1.82, 2.24) is 26.6 Å². The molecule has 0 heterocycles. The molecular weight excluding hydrogens is 707 g/mol. The molecule has 0 aliphatic heterocycles. The maximum Gasteiger partial charge on any atom is 0.407 e. The Morgan fingerprint density at radius 1 is 0.906 bits per heavy atom. The van der Waals surface area contributed by atoms with Crippen molar-refractivity contribution >= 4 is 47.3 Å². The van der Waals surface area contributed by atoms with Gasteiger partial charge in [-0.3, -0.25) is 38.9 Å². The van der Waals surface area contributed by atoms with Gasteiger partial charge < -0.3 is 46.3 Å². The first-order chi connectivity index (χ1) is 24.8. The third kappa shape index (κ3) is 22.2. The van der Waals surface area contributed by atoms with E-state index in [2.05, 4.69) is 26.6 Å². The van der Waals surface area contributed by atoms with Gasteiger partial charge in [-0.2, -0.15) is 0 Å². The van der Waals surface area contributed by atoms with Crippen molar-refractivity contribution in [2.45, 2.75) is 97.2 Å². The predicted octanol–water partition coefficient (Wildman–Crippen LogP) is 1.45. The molecule has 19 nitrogen and oxygen atoms in total. The molecule has 0 radical (unpaired) electrons. The van der Waals surface area contributed by atoms with Crippen LogP contribution in [0.3, 0.4) is 0 Å². The van der Waals surface area contributed by atoms with Crippen LogP contribution >= 0.6 is 0 Å². The van der Waals surface area contributed by atoms with E-state index < -0.39 is 94.4 Å². The number of carbonyl (C=O) groups excluding carboxylic acids is 6. The molecular formula is C33H51FN6O13. The number of aliphatic carboxylic acids is 1. The van der Waals surface area contributed by atoms with Crippen LogP contribution in [0.1, 0.15) is 89.9 Å². The van der Waals surface area contributed by atoms with Gasteiger partial charge in [-0.15, -0.1) is 0 Å². The minimum Gasteiger partial charge on any atom is -0.480 e. The van der Waals surface area contributed by atoms with Gasteiger partial charge in [0.2, 0.25) is 17.7 Å². The Kier molecular flexibility index (Phi) is 22.9. The number of hydrogen-bond donors (Lipinski definition) is 7. The van der Waals surface area contributed by atoms with Crippen LogP contribution in [0.2, 0.25) is 0 Å². The highest BCUT2D eigenvalue weighted by Crippen LogP contribution is 2.17. The lowest BCUT2D eigenvalue weighted by molar-refractivity contribution is -0.384. The lowest BCUT2D eigenvalue weighted by Gasteiger charge is -2.23. The summed E-state index contributed by atoms with van der Waals surface area (Å²) >= 11 is 0. The SMILES string of the molecule is CCCCOC(=O)CCC(NC(=O)c1cc([N+](=O)[O-])ccc1F)C(=O)NC(CCCCNC(=O)OC(C)(C)C)C(=O)NCC(=O)NCC(=O)O.CCO. The highest BCUT2D eigenvalue weighted by Gasteiger charge is 2.29. The van der Waals surface area contributed by atoms with Gasteiger partial charge in [-0.05, 0) is 65.9 Å². The van der Waals surface area contributed by atoms with E-state index in [-0.39, 0.29) is 45.4 Å². The number of nitrogens with zero attached hydrogens (tertiary/aromatic N) is 1. The molecule has 7 N–H and O–H groups in total. The Hall–Kier alpha value is -5.40. The number of halogens is 1. The van der Waals surface area contributed by atoms with Gasteiger partial charge in [0.1, 0.15) is 30.0 Å². The number of nitro benzene ring substituents is 1. The molecule has 0 fully saturated rings. The van der Waals surface area contributed by atoms with Crippen molar-refractivity contribution < 1.29 is 62.6 Å². The number of non-ortho nitro benzene ring substituents is 1. The first kappa shape index (κ1) is 47.6. The molecule has 1 rings (SSSR count). The van der Waals surface area contributed by atoms with Crippen LogP contribution in [0.5, 0.6) is 0 Å². The molecule has 2 atom stereocenters. The molecule has 0 spiro atoms. The Labute approximate surface area is 306 Å². The number of amides is 5. The van der Waals surface area contributed by atoms with E-state index in [9.17, 15) is 48.1 Å². The minimum atomic E-state index is -1.57. The summed E-state index contributed by atoms with van der Waals surface area (Å²) in [6.07, 6.45) is 0.402. The first-order valence-electron chi connectivity index (χ1n) is 16.9. The quantitative estimate of drug-likeness (QED) is 0.0405. The lowest BCUT2D eigenvalue weighted by atomic mass is 10.1. The number of ether oxygens (including phenoxy) is 2. The van der Waals surface area contributed by atoms with E-state index in [0.717, 1.165) is 12.5 Å². The molecule has 0 bridgehead atoms. The highest BCUT2D eigenvalue weighted by molar-refractivity contribution is 5.99. The average molecular weight is 759 g/mol. The Morgan fingerprint density at radius 3 is 2.13 bits per heavy atom. The fourth-order valence-corrected chi connectivity index (χ4v) is 4.02. The lowest BCUT2D eigenvalue weighted by Crippen LogP contribution is -2.54. The Bertz CT molecular complexity index is 1400. The second kappa shape index (κ2) is 25.5. The number of carboxylic acid groups (broad SMARTS) is 1. The zero-order chi connectivity index (χ0) is 40.6. The number of unbranched alkanes of at least 4 members (excludes halogenated alkanes) is 2. The zero-order valence-corrected chi connectivity index (χ0v) is 30.6. The smallest absolute Gasteiger partial charge is 0.407 e. The van der Waals surface area contributed by atoms with Crippen molar-refractivity contribution in [2.24, 2.45) is 0 Å². The van der Waals surface area contributed by atoms with Crippen molar-refractivity contribution in [3.05, 3.63) is 39.7 Å². The van der Waals surface area contributed by atoms with Gasteiger partial charge >= 0.3 is 18.0 Å². The molecule has 1 aromatic carbocycles. The Balaban J connectivity index is 0.00000869. The number of esters is 1. The number of hydrogen-bond acceptors (Lipinski definition) is 12. The number of aliphatic hydroxyl groups is 1. The number of alkyl carbamates (subject to hydrolysis) is 1. The molecule has 0 saturated heterocycles. The van der Waals surface area contributed by atoms with Crippen molar-refractivity contribution in [2.75, 3.05) is 32.8 Å². The molecule has 0 saturated carbocycles. The number of benzene rings is 1. The van der Waals surface area contributed by atoms with Gasteiger partial charge in [0.25, 0.3) is 11.6 Å².